The first kappa shape index (κ1) is 13.8. The Morgan fingerprint density at radius 1 is 1.35 bits per heavy atom. The number of amides is 2. The molecule has 2 unspecified atom stereocenters. The van der Waals surface area contributed by atoms with Crippen LogP contribution in [0.2, 0.25) is 0 Å². The number of nitrogens with zero attached hydrogens (tertiary/aromatic N) is 1. The van der Waals surface area contributed by atoms with E-state index >= 15 is 0 Å². The van der Waals surface area contributed by atoms with Crippen molar-refractivity contribution in [3.05, 3.63) is 0 Å². The Bertz CT molecular complexity index is 286. The van der Waals surface area contributed by atoms with Crippen molar-refractivity contribution in [1.82, 2.24) is 10.2 Å². The maximum atomic E-state index is 11.9. The van der Waals surface area contributed by atoms with E-state index in [0.29, 0.717) is 19.0 Å². The molecule has 1 aliphatic heterocycles. The molecule has 1 saturated heterocycles. The van der Waals surface area contributed by atoms with Gasteiger partial charge in [0.25, 0.3) is 0 Å². The Balaban J connectivity index is 2.43. The molecular formula is C11H21N3O3. The van der Waals surface area contributed by atoms with Crippen LogP contribution in [0.15, 0.2) is 0 Å². The number of carbonyl (C=O) groups excluding carboxylic acids is 1. The molecule has 1 aliphatic rings. The third-order valence-electron chi connectivity index (χ3n) is 3.31. The second kappa shape index (κ2) is 5.86. The summed E-state index contributed by atoms with van der Waals surface area (Å²) in [5, 5.41) is 10.7. The van der Waals surface area contributed by atoms with E-state index in [4.69, 9.17) is 10.8 Å². The van der Waals surface area contributed by atoms with E-state index < -0.39 is 12.1 Å². The van der Waals surface area contributed by atoms with Crippen LogP contribution in [-0.4, -0.2) is 47.2 Å². The van der Waals surface area contributed by atoms with Crippen molar-refractivity contribution < 1.29 is 14.7 Å². The van der Waals surface area contributed by atoms with Crippen LogP contribution < -0.4 is 11.1 Å². The van der Waals surface area contributed by atoms with Crippen LogP contribution in [0.3, 0.4) is 0 Å². The van der Waals surface area contributed by atoms with Crippen LogP contribution in [0.5, 0.6) is 0 Å². The molecule has 17 heavy (non-hydrogen) atoms. The van der Waals surface area contributed by atoms with Gasteiger partial charge < -0.3 is 21.1 Å². The zero-order chi connectivity index (χ0) is 13.0. The van der Waals surface area contributed by atoms with E-state index in [9.17, 15) is 9.59 Å². The Morgan fingerprint density at radius 2 is 1.88 bits per heavy atom. The summed E-state index contributed by atoms with van der Waals surface area (Å²) in [6, 6.07) is -0.527. The Morgan fingerprint density at radius 3 is 2.29 bits per heavy atom. The van der Waals surface area contributed by atoms with E-state index in [1.165, 1.54) is 0 Å². The minimum absolute atomic E-state index is 0.154. The van der Waals surface area contributed by atoms with Gasteiger partial charge in [0.15, 0.2) is 0 Å². The second-order valence-electron chi connectivity index (χ2n) is 4.69. The van der Waals surface area contributed by atoms with E-state index in [1.807, 2.05) is 6.92 Å². The summed E-state index contributed by atoms with van der Waals surface area (Å²) in [4.78, 5) is 24.0. The molecular weight excluding hydrogens is 222 g/mol. The molecule has 1 rings (SSSR count). The molecule has 0 saturated carbocycles. The lowest BCUT2D eigenvalue weighted by atomic mass is 9.91. The molecule has 1 heterocycles. The number of piperidine rings is 1. The van der Waals surface area contributed by atoms with Crippen LogP contribution in [0.1, 0.15) is 26.7 Å². The summed E-state index contributed by atoms with van der Waals surface area (Å²) in [5.74, 6) is 0.303. The van der Waals surface area contributed by atoms with Gasteiger partial charge in [0, 0.05) is 19.1 Å². The molecule has 2 atom stereocenters. The van der Waals surface area contributed by atoms with Gasteiger partial charge in [-0.05, 0) is 32.6 Å². The number of carbonyl (C=O) groups is 2. The van der Waals surface area contributed by atoms with Crippen LogP contribution in [-0.2, 0) is 4.79 Å². The van der Waals surface area contributed by atoms with Crippen molar-refractivity contribution in [3.63, 3.8) is 0 Å². The van der Waals surface area contributed by atoms with Gasteiger partial charge in [-0.2, -0.15) is 0 Å². The van der Waals surface area contributed by atoms with Gasteiger partial charge in [-0.25, -0.2) is 4.79 Å². The van der Waals surface area contributed by atoms with Gasteiger partial charge >= 0.3 is 6.09 Å². The minimum Gasteiger partial charge on any atom is -0.465 e. The number of likely N-dealkylation sites (tertiary alicyclic amines) is 1. The van der Waals surface area contributed by atoms with Gasteiger partial charge in [-0.15, -0.1) is 0 Å². The largest absolute Gasteiger partial charge is 0.465 e. The maximum absolute atomic E-state index is 11.9. The van der Waals surface area contributed by atoms with E-state index in [1.54, 1.807) is 11.8 Å². The molecule has 0 bridgehead atoms. The number of hydrogen-bond donors (Lipinski definition) is 3. The predicted molar refractivity (Wildman–Crippen MR) is 63.6 cm³/mol. The standard InChI is InChI=1S/C11H21N3O3/c1-7(12)9-3-5-14(6-4-9)10(15)8(2)13-11(16)17/h7-9,13H,3-6,12H2,1-2H3,(H,16,17). The number of carboxylic acid groups (broad SMARTS) is 1. The van der Waals surface area contributed by atoms with Gasteiger partial charge in [-0.3, -0.25) is 4.79 Å². The van der Waals surface area contributed by atoms with Crippen molar-refractivity contribution in [2.75, 3.05) is 13.1 Å². The number of nitrogens with one attached hydrogen (secondary N) is 1. The van der Waals surface area contributed by atoms with Gasteiger partial charge in [-0.1, -0.05) is 0 Å². The van der Waals surface area contributed by atoms with Crippen molar-refractivity contribution in [2.45, 2.75) is 38.8 Å². The van der Waals surface area contributed by atoms with E-state index in [2.05, 4.69) is 5.32 Å². The third kappa shape index (κ3) is 3.89. The first-order chi connectivity index (χ1) is 7.91. The molecule has 0 radical (unpaired) electrons. The second-order valence-corrected chi connectivity index (χ2v) is 4.69. The fourth-order valence-corrected chi connectivity index (χ4v) is 2.17. The molecule has 6 nitrogen and oxygen atoms in total. The molecule has 98 valence electrons. The minimum atomic E-state index is -1.17. The van der Waals surface area contributed by atoms with Crippen LogP contribution in [0.25, 0.3) is 0 Å². The fourth-order valence-electron chi connectivity index (χ4n) is 2.17. The molecule has 4 N–H and O–H groups in total. The lowest BCUT2D eigenvalue weighted by Gasteiger charge is -2.35. The summed E-state index contributed by atoms with van der Waals surface area (Å²) in [5.41, 5.74) is 5.82. The molecule has 0 aromatic rings. The van der Waals surface area contributed by atoms with Gasteiger partial charge in [0.1, 0.15) is 6.04 Å². The van der Waals surface area contributed by atoms with E-state index in [-0.39, 0.29) is 11.9 Å². The smallest absolute Gasteiger partial charge is 0.405 e. The molecule has 0 aliphatic carbocycles. The number of rotatable bonds is 3. The molecule has 0 aromatic carbocycles. The summed E-state index contributed by atoms with van der Waals surface area (Å²) >= 11 is 0. The van der Waals surface area contributed by atoms with Crippen molar-refractivity contribution in [1.29, 1.82) is 0 Å². The monoisotopic (exact) mass is 243 g/mol. The van der Waals surface area contributed by atoms with Gasteiger partial charge in [0.2, 0.25) is 5.91 Å². The Hall–Kier alpha value is -1.30. The van der Waals surface area contributed by atoms with Crippen molar-refractivity contribution >= 4 is 12.0 Å². The fraction of sp³-hybridized carbons (Fsp3) is 0.818. The normalized spacial score (nSPS) is 20.8. The summed E-state index contributed by atoms with van der Waals surface area (Å²) in [6.07, 6.45) is 0.614. The lowest BCUT2D eigenvalue weighted by Crippen LogP contribution is -2.50. The molecule has 0 aromatic heterocycles. The van der Waals surface area contributed by atoms with Crippen molar-refractivity contribution in [3.8, 4) is 0 Å². The SMILES string of the molecule is CC(NC(=O)O)C(=O)N1CCC(C(C)N)CC1. The Labute approximate surface area is 101 Å². The topological polar surface area (TPSA) is 95.7 Å². The molecule has 0 spiro atoms. The predicted octanol–water partition coefficient (Wildman–Crippen LogP) is 0.228. The first-order valence-corrected chi connectivity index (χ1v) is 5.95. The van der Waals surface area contributed by atoms with Crippen LogP contribution in [0, 0.1) is 5.92 Å². The number of hydrogen-bond acceptors (Lipinski definition) is 3. The summed E-state index contributed by atoms with van der Waals surface area (Å²) in [7, 11) is 0. The van der Waals surface area contributed by atoms with Crippen LogP contribution in [0.4, 0.5) is 4.79 Å². The van der Waals surface area contributed by atoms with E-state index in [0.717, 1.165) is 12.8 Å². The highest BCUT2D eigenvalue weighted by atomic mass is 16.4. The van der Waals surface area contributed by atoms with Gasteiger partial charge in [0.05, 0.1) is 0 Å². The summed E-state index contributed by atoms with van der Waals surface area (Å²) in [6.45, 7) is 4.87. The Kier molecular flexibility index (Phi) is 4.74. The number of nitrogens with two attached hydrogens (primary N) is 1. The van der Waals surface area contributed by atoms with Crippen LogP contribution >= 0.6 is 0 Å². The zero-order valence-electron chi connectivity index (χ0n) is 10.3. The maximum Gasteiger partial charge on any atom is 0.405 e. The first-order valence-electron chi connectivity index (χ1n) is 5.95. The average Bonchev–Trinajstić information content (AvgIpc) is 2.27. The highest BCUT2D eigenvalue weighted by Gasteiger charge is 2.27. The van der Waals surface area contributed by atoms with Crippen molar-refractivity contribution in [2.24, 2.45) is 11.7 Å². The molecule has 6 heteroatoms. The molecule has 2 amide bonds. The average molecular weight is 243 g/mol. The molecule has 1 fully saturated rings. The third-order valence-corrected chi connectivity index (χ3v) is 3.31. The highest BCUT2D eigenvalue weighted by molar-refractivity contribution is 5.84. The lowest BCUT2D eigenvalue weighted by molar-refractivity contribution is -0.134. The zero-order valence-corrected chi connectivity index (χ0v) is 10.3. The highest BCUT2D eigenvalue weighted by Crippen LogP contribution is 2.19. The quantitative estimate of drug-likeness (QED) is 0.661. The summed E-state index contributed by atoms with van der Waals surface area (Å²) < 4.78 is 0.